The number of halogens is 1. The Morgan fingerprint density at radius 1 is 1.06 bits per heavy atom. The van der Waals surface area contributed by atoms with Gasteiger partial charge in [0.05, 0.1) is 34.6 Å². The van der Waals surface area contributed by atoms with Gasteiger partial charge in [-0.15, -0.1) is 0 Å². The van der Waals surface area contributed by atoms with E-state index in [1.807, 2.05) is 30.3 Å². The Balaban J connectivity index is 1.74. The first kappa shape index (κ1) is 22.3. The fourth-order valence-electron chi connectivity index (χ4n) is 4.10. The van der Waals surface area contributed by atoms with Gasteiger partial charge in [-0.05, 0) is 37.1 Å². The summed E-state index contributed by atoms with van der Waals surface area (Å²) in [7, 11) is -3.22. The first-order chi connectivity index (χ1) is 15.1. The van der Waals surface area contributed by atoms with Crippen LogP contribution in [-0.4, -0.2) is 40.5 Å². The predicted molar refractivity (Wildman–Crippen MR) is 123 cm³/mol. The monoisotopic (exact) mass is 475 g/mol. The van der Waals surface area contributed by atoms with Gasteiger partial charge in [0.1, 0.15) is 6.54 Å². The standard InChI is InChI=1S/C22H22ClN3O5S/c1-22(9-10-32(30,31)14-22)24-19(27)13-26-18-11-16(23)7-8-17(18)25(20(28)21(26)29)12-15-5-3-2-4-6-15/h2-8,11H,9-10,12-14H2,1H3,(H,24,27)/t22-/m0/s1. The van der Waals surface area contributed by atoms with Gasteiger partial charge in [0, 0.05) is 5.02 Å². The third-order valence-electron chi connectivity index (χ3n) is 5.62. The quantitative estimate of drug-likeness (QED) is 0.563. The third kappa shape index (κ3) is 4.49. The van der Waals surface area contributed by atoms with Crippen LogP contribution in [0.4, 0.5) is 0 Å². The molecule has 0 saturated carbocycles. The Kier molecular flexibility index (Phi) is 5.72. The van der Waals surface area contributed by atoms with Crippen LogP contribution in [0.15, 0.2) is 58.1 Å². The Bertz CT molecular complexity index is 1430. The number of sulfone groups is 1. The summed E-state index contributed by atoms with van der Waals surface area (Å²) in [4.78, 5) is 38.7. The van der Waals surface area contributed by atoms with Crippen LogP contribution >= 0.6 is 11.6 Å². The molecule has 0 spiro atoms. The molecule has 1 aromatic heterocycles. The predicted octanol–water partition coefficient (Wildman–Crippen LogP) is 1.56. The van der Waals surface area contributed by atoms with Gasteiger partial charge < -0.3 is 5.32 Å². The number of hydrogen-bond donors (Lipinski definition) is 1. The number of aromatic nitrogens is 2. The van der Waals surface area contributed by atoms with Crippen molar-refractivity contribution in [1.82, 2.24) is 14.5 Å². The SMILES string of the molecule is C[C@]1(NC(=O)Cn2c(=O)c(=O)n(Cc3ccccc3)c3ccc(Cl)cc32)CCS(=O)(=O)C1. The van der Waals surface area contributed by atoms with E-state index in [2.05, 4.69) is 5.32 Å². The molecule has 1 aliphatic heterocycles. The Morgan fingerprint density at radius 2 is 1.75 bits per heavy atom. The smallest absolute Gasteiger partial charge is 0.317 e. The molecule has 1 amide bonds. The average molecular weight is 476 g/mol. The minimum absolute atomic E-state index is 0.00218. The van der Waals surface area contributed by atoms with Crippen molar-refractivity contribution >= 4 is 38.4 Å². The van der Waals surface area contributed by atoms with Crippen molar-refractivity contribution in [1.29, 1.82) is 0 Å². The summed E-state index contributed by atoms with van der Waals surface area (Å²) in [6, 6.07) is 14.0. The summed E-state index contributed by atoms with van der Waals surface area (Å²) in [6.45, 7) is 1.42. The summed E-state index contributed by atoms with van der Waals surface area (Å²) >= 11 is 6.15. The number of amides is 1. The second-order valence-corrected chi connectivity index (χ2v) is 11.0. The Hall–Kier alpha value is -2.91. The van der Waals surface area contributed by atoms with Crippen molar-refractivity contribution in [2.45, 2.75) is 32.0 Å². The van der Waals surface area contributed by atoms with E-state index in [4.69, 9.17) is 11.6 Å². The maximum atomic E-state index is 13.0. The van der Waals surface area contributed by atoms with Gasteiger partial charge in [0.2, 0.25) is 5.91 Å². The fourth-order valence-corrected chi connectivity index (χ4v) is 6.36. The molecule has 0 aliphatic carbocycles. The van der Waals surface area contributed by atoms with E-state index in [1.165, 1.54) is 10.6 Å². The molecule has 0 radical (unpaired) electrons. The van der Waals surface area contributed by atoms with Crippen LogP contribution in [0.25, 0.3) is 11.0 Å². The molecule has 2 heterocycles. The van der Waals surface area contributed by atoms with E-state index in [-0.39, 0.29) is 18.1 Å². The number of carbonyl (C=O) groups excluding carboxylic acids is 1. The van der Waals surface area contributed by atoms with Crippen LogP contribution in [0.3, 0.4) is 0 Å². The van der Waals surface area contributed by atoms with Gasteiger partial charge in [-0.2, -0.15) is 0 Å². The highest BCUT2D eigenvalue weighted by molar-refractivity contribution is 7.91. The summed E-state index contributed by atoms with van der Waals surface area (Å²) in [5, 5.41) is 3.07. The van der Waals surface area contributed by atoms with Gasteiger partial charge in [-0.1, -0.05) is 41.9 Å². The lowest BCUT2D eigenvalue weighted by Gasteiger charge is -2.24. The lowest BCUT2D eigenvalue weighted by Crippen LogP contribution is -2.50. The van der Waals surface area contributed by atoms with Crippen molar-refractivity contribution in [3.8, 4) is 0 Å². The molecule has 32 heavy (non-hydrogen) atoms. The van der Waals surface area contributed by atoms with E-state index in [0.717, 1.165) is 10.1 Å². The average Bonchev–Trinajstić information content (AvgIpc) is 3.01. The topological polar surface area (TPSA) is 107 Å². The van der Waals surface area contributed by atoms with E-state index in [1.54, 1.807) is 19.1 Å². The summed E-state index contributed by atoms with van der Waals surface area (Å²) in [5.41, 5.74) is -0.866. The molecule has 168 valence electrons. The molecule has 1 N–H and O–H groups in total. The van der Waals surface area contributed by atoms with Crippen LogP contribution < -0.4 is 16.4 Å². The van der Waals surface area contributed by atoms with E-state index >= 15 is 0 Å². The van der Waals surface area contributed by atoms with Gasteiger partial charge in [0.15, 0.2) is 9.84 Å². The van der Waals surface area contributed by atoms with Crippen LogP contribution in [0, 0.1) is 0 Å². The second-order valence-electron chi connectivity index (χ2n) is 8.35. The minimum Gasteiger partial charge on any atom is -0.348 e. The zero-order chi connectivity index (χ0) is 23.1. The lowest BCUT2D eigenvalue weighted by atomic mass is 10.0. The highest BCUT2D eigenvalue weighted by Gasteiger charge is 2.39. The zero-order valence-electron chi connectivity index (χ0n) is 17.4. The van der Waals surface area contributed by atoms with Gasteiger partial charge in [0.25, 0.3) is 0 Å². The molecular weight excluding hydrogens is 454 g/mol. The summed E-state index contributed by atoms with van der Waals surface area (Å²) in [5.74, 6) is -0.711. The molecule has 1 aliphatic rings. The molecule has 10 heteroatoms. The van der Waals surface area contributed by atoms with Crippen molar-refractivity contribution in [3.05, 3.63) is 79.8 Å². The van der Waals surface area contributed by atoms with Crippen LogP contribution in [0.5, 0.6) is 0 Å². The number of carbonyl (C=O) groups is 1. The lowest BCUT2D eigenvalue weighted by molar-refractivity contribution is -0.123. The molecule has 3 aromatic rings. The normalized spacial score (nSPS) is 19.8. The Labute approximate surface area is 189 Å². The van der Waals surface area contributed by atoms with Crippen molar-refractivity contribution in [2.75, 3.05) is 11.5 Å². The zero-order valence-corrected chi connectivity index (χ0v) is 18.9. The Morgan fingerprint density at radius 3 is 2.41 bits per heavy atom. The van der Waals surface area contributed by atoms with Crippen molar-refractivity contribution < 1.29 is 13.2 Å². The molecule has 2 aromatic carbocycles. The van der Waals surface area contributed by atoms with Crippen molar-refractivity contribution in [3.63, 3.8) is 0 Å². The highest BCUT2D eigenvalue weighted by Crippen LogP contribution is 2.23. The van der Waals surface area contributed by atoms with Gasteiger partial charge in [-0.25, -0.2) is 8.42 Å². The molecular formula is C22H22ClN3O5S. The number of hydrogen-bond acceptors (Lipinski definition) is 5. The van der Waals surface area contributed by atoms with Crippen LogP contribution in [0.2, 0.25) is 5.02 Å². The molecule has 1 atom stereocenters. The van der Waals surface area contributed by atoms with E-state index in [9.17, 15) is 22.8 Å². The van der Waals surface area contributed by atoms with E-state index < -0.39 is 38.9 Å². The second kappa shape index (κ2) is 8.22. The fraction of sp³-hybridized carbons (Fsp3) is 0.318. The van der Waals surface area contributed by atoms with Crippen LogP contribution in [-0.2, 0) is 27.7 Å². The van der Waals surface area contributed by atoms with E-state index in [0.29, 0.717) is 22.5 Å². The maximum absolute atomic E-state index is 13.0. The van der Waals surface area contributed by atoms with Gasteiger partial charge in [-0.3, -0.25) is 23.5 Å². The van der Waals surface area contributed by atoms with Gasteiger partial charge >= 0.3 is 11.1 Å². The number of benzene rings is 2. The third-order valence-corrected chi connectivity index (χ3v) is 7.76. The van der Waals surface area contributed by atoms with Crippen LogP contribution in [0.1, 0.15) is 18.9 Å². The number of fused-ring (bicyclic) bond motifs is 1. The molecule has 1 fully saturated rings. The maximum Gasteiger partial charge on any atom is 0.317 e. The molecule has 0 bridgehead atoms. The molecule has 4 rings (SSSR count). The number of nitrogens with one attached hydrogen (secondary N) is 1. The number of rotatable bonds is 5. The minimum atomic E-state index is -3.22. The molecule has 0 unspecified atom stereocenters. The number of nitrogens with zero attached hydrogens (tertiary/aromatic N) is 2. The van der Waals surface area contributed by atoms with Crippen molar-refractivity contribution in [2.24, 2.45) is 0 Å². The molecule has 1 saturated heterocycles. The molecule has 8 nitrogen and oxygen atoms in total. The first-order valence-corrected chi connectivity index (χ1v) is 12.3. The highest BCUT2D eigenvalue weighted by atomic mass is 35.5. The first-order valence-electron chi connectivity index (χ1n) is 10.1. The largest absolute Gasteiger partial charge is 0.348 e. The summed E-state index contributed by atoms with van der Waals surface area (Å²) in [6.07, 6.45) is 0.293. The summed E-state index contributed by atoms with van der Waals surface area (Å²) < 4.78 is 26.1.